The van der Waals surface area contributed by atoms with Gasteiger partial charge in [-0.05, 0) is 32.2 Å². The minimum atomic E-state index is 1.02. The third kappa shape index (κ3) is 4.58. The molecule has 1 heterocycles. The lowest BCUT2D eigenvalue weighted by Crippen LogP contribution is -2.27. The summed E-state index contributed by atoms with van der Waals surface area (Å²) in [6.45, 7) is 8.03. The second kappa shape index (κ2) is 7.74. The van der Waals surface area contributed by atoms with Gasteiger partial charge in [0.1, 0.15) is 0 Å². The van der Waals surface area contributed by atoms with E-state index in [2.05, 4.69) is 28.7 Å². The Kier molecular flexibility index (Phi) is 6.57. The molecule has 0 saturated carbocycles. The second-order valence-corrected chi connectivity index (χ2v) is 4.80. The maximum Gasteiger partial charge on any atom is 0.165 e. The maximum absolute atomic E-state index is 4.29. The van der Waals surface area contributed by atoms with Gasteiger partial charge in [0.2, 0.25) is 0 Å². The third-order valence-electron chi connectivity index (χ3n) is 2.58. The molecule has 0 amide bonds. The van der Waals surface area contributed by atoms with Gasteiger partial charge in [-0.15, -0.1) is 0 Å². The van der Waals surface area contributed by atoms with E-state index < -0.39 is 0 Å². The Hall–Kier alpha value is -0.480. The first kappa shape index (κ1) is 13.6. The van der Waals surface area contributed by atoms with Crippen molar-refractivity contribution in [2.75, 3.05) is 25.9 Å². The van der Waals surface area contributed by atoms with Crippen LogP contribution in [0.5, 0.6) is 0 Å². The van der Waals surface area contributed by atoms with Gasteiger partial charge >= 0.3 is 0 Å². The molecule has 1 aromatic rings. The van der Waals surface area contributed by atoms with Crippen molar-refractivity contribution in [3.63, 3.8) is 0 Å². The molecule has 0 aliphatic carbocycles. The smallest absolute Gasteiger partial charge is 0.165 e. The van der Waals surface area contributed by atoms with Crippen molar-refractivity contribution in [2.24, 2.45) is 0 Å². The highest BCUT2D eigenvalue weighted by Crippen LogP contribution is 2.09. The molecule has 1 aromatic heterocycles. The predicted octanol–water partition coefficient (Wildman–Crippen LogP) is 2.80. The Labute approximate surface area is 103 Å². The number of nitrogens with zero attached hydrogens (tertiary/aromatic N) is 2. The van der Waals surface area contributed by atoms with E-state index in [9.17, 15) is 0 Å². The van der Waals surface area contributed by atoms with Crippen LogP contribution in [0, 0.1) is 0 Å². The number of hydrogen-bond acceptors (Lipinski definition) is 3. The first-order valence-corrected chi connectivity index (χ1v) is 7.32. The summed E-state index contributed by atoms with van der Waals surface area (Å²) in [6, 6.07) is 0. The lowest BCUT2D eigenvalue weighted by molar-refractivity contribution is 0.277. The summed E-state index contributed by atoms with van der Waals surface area (Å²) in [7, 11) is 0. The average Bonchev–Trinajstić information content (AvgIpc) is 2.74. The number of aromatic nitrogens is 2. The number of thioether (sulfide) groups is 1. The molecule has 4 heteroatoms. The summed E-state index contributed by atoms with van der Waals surface area (Å²) >= 11 is 1.66. The molecule has 0 atom stereocenters. The average molecular weight is 241 g/mol. The highest BCUT2D eigenvalue weighted by Gasteiger charge is 2.04. The highest BCUT2D eigenvalue weighted by molar-refractivity contribution is 7.98. The van der Waals surface area contributed by atoms with Crippen LogP contribution in [0.1, 0.15) is 32.4 Å². The minimum absolute atomic E-state index is 1.02. The zero-order valence-electron chi connectivity index (χ0n) is 10.6. The fourth-order valence-corrected chi connectivity index (χ4v) is 2.21. The summed E-state index contributed by atoms with van der Waals surface area (Å²) in [5.74, 6) is 0. The molecular weight excluding hydrogens is 218 g/mol. The summed E-state index contributed by atoms with van der Waals surface area (Å²) in [4.78, 5) is 10.1. The van der Waals surface area contributed by atoms with E-state index in [0.29, 0.717) is 0 Å². The van der Waals surface area contributed by atoms with Gasteiger partial charge in [0.05, 0.1) is 0 Å². The van der Waals surface area contributed by atoms with Crippen molar-refractivity contribution in [3.8, 4) is 0 Å². The monoisotopic (exact) mass is 241 g/mol. The lowest BCUT2D eigenvalue weighted by Gasteiger charge is -2.20. The SMILES string of the molecule is CCCN(CCC)CCc1cnc(SC)[nH]1. The molecule has 16 heavy (non-hydrogen) atoms. The first-order valence-electron chi connectivity index (χ1n) is 6.10. The number of nitrogens with one attached hydrogen (secondary N) is 1. The van der Waals surface area contributed by atoms with Gasteiger partial charge in [-0.2, -0.15) is 0 Å². The zero-order chi connectivity index (χ0) is 11.8. The molecule has 0 spiro atoms. The molecule has 0 fully saturated rings. The van der Waals surface area contributed by atoms with Crippen LogP contribution >= 0.6 is 11.8 Å². The highest BCUT2D eigenvalue weighted by atomic mass is 32.2. The van der Waals surface area contributed by atoms with Crippen molar-refractivity contribution >= 4 is 11.8 Å². The van der Waals surface area contributed by atoms with Crippen molar-refractivity contribution in [2.45, 2.75) is 38.3 Å². The molecule has 92 valence electrons. The standard InChI is InChI=1S/C12H23N3S/c1-4-7-15(8-5-2)9-6-11-10-13-12(14-11)16-3/h10H,4-9H2,1-3H3,(H,13,14). The van der Waals surface area contributed by atoms with Crippen LogP contribution in [0.15, 0.2) is 11.4 Å². The van der Waals surface area contributed by atoms with Crippen molar-refractivity contribution in [1.82, 2.24) is 14.9 Å². The summed E-state index contributed by atoms with van der Waals surface area (Å²) in [5.41, 5.74) is 1.25. The third-order valence-corrected chi connectivity index (χ3v) is 3.17. The number of H-pyrrole nitrogens is 1. The van der Waals surface area contributed by atoms with Crippen LogP contribution in [-0.4, -0.2) is 40.8 Å². The molecule has 0 aliphatic heterocycles. The first-order chi connectivity index (χ1) is 7.80. The van der Waals surface area contributed by atoms with Gasteiger partial charge in [0.25, 0.3) is 0 Å². The Morgan fingerprint density at radius 3 is 2.44 bits per heavy atom. The van der Waals surface area contributed by atoms with E-state index in [1.807, 2.05) is 12.5 Å². The van der Waals surface area contributed by atoms with Gasteiger partial charge in [0, 0.05) is 24.9 Å². The van der Waals surface area contributed by atoms with Gasteiger partial charge in [0.15, 0.2) is 5.16 Å². The van der Waals surface area contributed by atoms with E-state index in [1.54, 1.807) is 11.8 Å². The topological polar surface area (TPSA) is 31.9 Å². The lowest BCUT2D eigenvalue weighted by atomic mass is 10.3. The molecule has 1 N–H and O–H groups in total. The molecule has 0 aliphatic rings. The fraction of sp³-hybridized carbons (Fsp3) is 0.750. The van der Waals surface area contributed by atoms with Gasteiger partial charge in [-0.3, -0.25) is 0 Å². The van der Waals surface area contributed by atoms with Crippen LogP contribution in [0.4, 0.5) is 0 Å². The molecular formula is C12H23N3S. The van der Waals surface area contributed by atoms with Crippen molar-refractivity contribution < 1.29 is 0 Å². The Morgan fingerprint density at radius 2 is 1.94 bits per heavy atom. The van der Waals surface area contributed by atoms with Gasteiger partial charge in [-0.25, -0.2) is 4.98 Å². The fourth-order valence-electron chi connectivity index (χ4n) is 1.82. The van der Waals surface area contributed by atoms with Crippen LogP contribution in [-0.2, 0) is 6.42 Å². The number of imidazole rings is 1. The zero-order valence-corrected chi connectivity index (χ0v) is 11.4. The van der Waals surface area contributed by atoms with Crippen LogP contribution in [0.3, 0.4) is 0 Å². The largest absolute Gasteiger partial charge is 0.337 e. The maximum atomic E-state index is 4.29. The van der Waals surface area contributed by atoms with E-state index in [4.69, 9.17) is 0 Å². The number of rotatable bonds is 8. The van der Waals surface area contributed by atoms with Crippen LogP contribution in [0.25, 0.3) is 0 Å². The summed E-state index contributed by atoms with van der Waals surface area (Å²) < 4.78 is 0. The van der Waals surface area contributed by atoms with E-state index in [-0.39, 0.29) is 0 Å². The van der Waals surface area contributed by atoms with Crippen LogP contribution < -0.4 is 0 Å². The molecule has 0 bridgehead atoms. The van der Waals surface area contributed by atoms with Crippen molar-refractivity contribution in [3.05, 3.63) is 11.9 Å². The Balaban J connectivity index is 2.35. The second-order valence-electron chi connectivity index (χ2n) is 4.01. The number of aromatic amines is 1. The molecule has 0 aromatic carbocycles. The summed E-state index contributed by atoms with van der Waals surface area (Å²) in [6.07, 6.45) is 7.55. The quantitative estimate of drug-likeness (QED) is 0.710. The van der Waals surface area contributed by atoms with E-state index >= 15 is 0 Å². The van der Waals surface area contributed by atoms with E-state index in [1.165, 1.54) is 31.6 Å². The Bertz CT molecular complexity index is 280. The van der Waals surface area contributed by atoms with E-state index in [0.717, 1.165) is 18.1 Å². The van der Waals surface area contributed by atoms with Crippen molar-refractivity contribution in [1.29, 1.82) is 0 Å². The Morgan fingerprint density at radius 1 is 1.25 bits per heavy atom. The predicted molar refractivity (Wildman–Crippen MR) is 71.1 cm³/mol. The van der Waals surface area contributed by atoms with Gasteiger partial charge in [-0.1, -0.05) is 25.6 Å². The summed E-state index contributed by atoms with van der Waals surface area (Å²) in [5, 5.41) is 1.02. The van der Waals surface area contributed by atoms with Gasteiger partial charge < -0.3 is 9.88 Å². The molecule has 0 radical (unpaired) electrons. The number of hydrogen-bond donors (Lipinski definition) is 1. The minimum Gasteiger partial charge on any atom is -0.337 e. The molecule has 0 unspecified atom stereocenters. The molecule has 0 saturated heterocycles. The molecule has 1 rings (SSSR count). The molecule has 3 nitrogen and oxygen atoms in total. The van der Waals surface area contributed by atoms with Crippen LogP contribution in [0.2, 0.25) is 0 Å². The normalized spacial score (nSPS) is 11.2.